The lowest BCUT2D eigenvalue weighted by molar-refractivity contribution is -0.0500. The smallest absolute Gasteiger partial charge is 0.0936 e. The summed E-state index contributed by atoms with van der Waals surface area (Å²) < 4.78 is 0. The van der Waals surface area contributed by atoms with Crippen molar-refractivity contribution in [3.8, 4) is 0 Å². The molecule has 108 valence electrons. The largest absolute Gasteiger partial charge is 0.385 e. The van der Waals surface area contributed by atoms with Crippen LogP contribution < -0.4 is 0 Å². The maximum atomic E-state index is 11.6. The van der Waals surface area contributed by atoms with Gasteiger partial charge in [-0.2, -0.15) is 0 Å². The Bertz CT molecular complexity index is 706. The molecule has 1 aromatic carbocycles. The zero-order valence-electron chi connectivity index (χ0n) is 12.2. The van der Waals surface area contributed by atoms with Gasteiger partial charge in [0, 0.05) is 17.8 Å². The number of hydrogen-bond acceptors (Lipinski definition) is 2. The van der Waals surface area contributed by atoms with Gasteiger partial charge in [0.25, 0.3) is 0 Å². The predicted molar refractivity (Wildman–Crippen MR) is 82.7 cm³/mol. The molecule has 2 nitrogen and oxygen atoms in total. The van der Waals surface area contributed by atoms with E-state index in [1.54, 1.807) is 0 Å². The van der Waals surface area contributed by atoms with E-state index < -0.39 is 5.60 Å². The summed E-state index contributed by atoms with van der Waals surface area (Å²) in [7, 11) is 0. The third-order valence-electron chi connectivity index (χ3n) is 6.64. The average Bonchev–Trinajstić information content (AvgIpc) is 3.18. The van der Waals surface area contributed by atoms with Crippen molar-refractivity contribution in [2.24, 2.45) is 23.7 Å². The molecule has 1 N–H and O–H groups in total. The van der Waals surface area contributed by atoms with Crippen molar-refractivity contribution >= 4 is 10.8 Å². The molecule has 0 amide bonds. The number of aromatic nitrogens is 1. The Balaban J connectivity index is 1.66. The lowest BCUT2D eigenvalue weighted by Crippen LogP contribution is -2.39. The molecule has 0 aliphatic heterocycles. The molecule has 0 saturated heterocycles. The molecule has 21 heavy (non-hydrogen) atoms. The molecule has 2 aromatic rings. The lowest BCUT2D eigenvalue weighted by atomic mass is 9.69. The second-order valence-corrected chi connectivity index (χ2v) is 7.39. The molecule has 5 unspecified atom stereocenters. The van der Waals surface area contributed by atoms with Crippen LogP contribution in [0.1, 0.15) is 37.7 Å². The minimum Gasteiger partial charge on any atom is -0.385 e. The van der Waals surface area contributed by atoms with Crippen molar-refractivity contribution in [3.05, 3.63) is 42.2 Å². The van der Waals surface area contributed by atoms with E-state index in [1.165, 1.54) is 31.1 Å². The van der Waals surface area contributed by atoms with Gasteiger partial charge in [-0.15, -0.1) is 0 Å². The SMILES string of the molecule is OC1(c2cccc3ccncc23)CC2CC1C1CCCC21. The number of benzene rings is 1. The number of fused-ring (bicyclic) bond motifs is 6. The number of aliphatic hydroxyl groups is 1. The van der Waals surface area contributed by atoms with E-state index in [-0.39, 0.29) is 0 Å². The molecular formula is C19H21NO. The number of pyridine rings is 1. The Morgan fingerprint density at radius 1 is 1.14 bits per heavy atom. The standard InChI is InChI=1S/C19H21NO/c21-19(10-13-9-18(19)15-5-2-4-14(13)15)17-6-1-3-12-7-8-20-11-16(12)17/h1,3,6-8,11,13-15,18,21H,2,4-5,9-10H2. The van der Waals surface area contributed by atoms with E-state index in [0.717, 1.165) is 35.1 Å². The summed E-state index contributed by atoms with van der Waals surface area (Å²) in [6.45, 7) is 0. The summed E-state index contributed by atoms with van der Waals surface area (Å²) in [6, 6.07) is 8.39. The van der Waals surface area contributed by atoms with Crippen molar-refractivity contribution in [2.45, 2.75) is 37.7 Å². The Kier molecular flexibility index (Phi) is 2.36. The quantitative estimate of drug-likeness (QED) is 0.859. The van der Waals surface area contributed by atoms with Gasteiger partial charge in [-0.25, -0.2) is 0 Å². The maximum absolute atomic E-state index is 11.6. The minimum atomic E-state index is -0.612. The van der Waals surface area contributed by atoms with Gasteiger partial charge in [-0.3, -0.25) is 4.98 Å². The van der Waals surface area contributed by atoms with E-state index in [2.05, 4.69) is 23.2 Å². The van der Waals surface area contributed by atoms with Gasteiger partial charge in [0.05, 0.1) is 5.60 Å². The van der Waals surface area contributed by atoms with Gasteiger partial charge < -0.3 is 5.11 Å². The highest BCUT2D eigenvalue weighted by Gasteiger charge is 2.61. The summed E-state index contributed by atoms with van der Waals surface area (Å²) in [5, 5.41) is 13.9. The Hall–Kier alpha value is -1.41. The van der Waals surface area contributed by atoms with E-state index in [0.29, 0.717) is 5.92 Å². The normalized spacial score (nSPS) is 40.8. The Labute approximate surface area is 125 Å². The fraction of sp³-hybridized carbons (Fsp3) is 0.526. The molecule has 2 heteroatoms. The Morgan fingerprint density at radius 3 is 3.00 bits per heavy atom. The van der Waals surface area contributed by atoms with Crippen LogP contribution in [0.4, 0.5) is 0 Å². The van der Waals surface area contributed by atoms with Crippen LogP contribution in [0.2, 0.25) is 0 Å². The van der Waals surface area contributed by atoms with Gasteiger partial charge in [-0.05, 0) is 66.4 Å². The van der Waals surface area contributed by atoms with Gasteiger partial charge in [-0.1, -0.05) is 24.6 Å². The number of rotatable bonds is 1. The van der Waals surface area contributed by atoms with Crippen LogP contribution in [0, 0.1) is 23.7 Å². The highest BCUT2D eigenvalue weighted by molar-refractivity contribution is 5.85. The molecule has 2 bridgehead atoms. The fourth-order valence-corrected chi connectivity index (χ4v) is 5.91. The molecule has 1 heterocycles. The first-order valence-corrected chi connectivity index (χ1v) is 8.33. The first kappa shape index (κ1) is 12.2. The third kappa shape index (κ3) is 1.49. The van der Waals surface area contributed by atoms with Crippen LogP contribution in [0.3, 0.4) is 0 Å². The van der Waals surface area contributed by atoms with Crippen LogP contribution >= 0.6 is 0 Å². The summed E-state index contributed by atoms with van der Waals surface area (Å²) >= 11 is 0. The van der Waals surface area contributed by atoms with Gasteiger partial charge in [0.2, 0.25) is 0 Å². The van der Waals surface area contributed by atoms with E-state index in [1.807, 2.05) is 18.5 Å². The average molecular weight is 279 g/mol. The summed E-state index contributed by atoms with van der Waals surface area (Å²) in [5.41, 5.74) is 0.518. The van der Waals surface area contributed by atoms with E-state index >= 15 is 0 Å². The zero-order valence-corrected chi connectivity index (χ0v) is 12.2. The van der Waals surface area contributed by atoms with Gasteiger partial charge in [0.15, 0.2) is 0 Å². The Morgan fingerprint density at radius 2 is 2.05 bits per heavy atom. The maximum Gasteiger partial charge on any atom is 0.0936 e. The van der Waals surface area contributed by atoms with Crippen molar-refractivity contribution in [1.82, 2.24) is 4.98 Å². The zero-order chi connectivity index (χ0) is 14.0. The third-order valence-corrected chi connectivity index (χ3v) is 6.64. The van der Waals surface area contributed by atoms with Crippen LogP contribution in [-0.2, 0) is 5.60 Å². The monoisotopic (exact) mass is 279 g/mol. The molecule has 0 spiro atoms. The highest BCUT2D eigenvalue weighted by atomic mass is 16.3. The molecular weight excluding hydrogens is 258 g/mol. The van der Waals surface area contributed by atoms with Crippen molar-refractivity contribution in [3.63, 3.8) is 0 Å². The molecule has 5 atom stereocenters. The second kappa shape index (κ2) is 4.07. The van der Waals surface area contributed by atoms with Crippen LogP contribution in [0.15, 0.2) is 36.7 Å². The molecule has 3 fully saturated rings. The number of nitrogens with zero attached hydrogens (tertiary/aromatic N) is 1. The summed E-state index contributed by atoms with van der Waals surface area (Å²) in [6.07, 6.45) is 10.1. The molecule has 5 rings (SSSR count). The van der Waals surface area contributed by atoms with Gasteiger partial charge in [0.1, 0.15) is 0 Å². The van der Waals surface area contributed by atoms with Crippen LogP contribution in [0.5, 0.6) is 0 Å². The van der Waals surface area contributed by atoms with E-state index in [9.17, 15) is 5.11 Å². The number of hydrogen-bond donors (Lipinski definition) is 1. The summed E-state index contributed by atoms with van der Waals surface area (Å²) in [4.78, 5) is 4.29. The van der Waals surface area contributed by atoms with Crippen LogP contribution in [0.25, 0.3) is 10.8 Å². The predicted octanol–water partition coefficient (Wildman–Crippen LogP) is 3.88. The molecule has 3 aliphatic carbocycles. The van der Waals surface area contributed by atoms with E-state index in [4.69, 9.17) is 0 Å². The molecule has 3 aliphatic rings. The fourth-order valence-electron chi connectivity index (χ4n) is 5.91. The molecule has 1 aromatic heterocycles. The van der Waals surface area contributed by atoms with Crippen molar-refractivity contribution in [1.29, 1.82) is 0 Å². The van der Waals surface area contributed by atoms with Gasteiger partial charge >= 0.3 is 0 Å². The lowest BCUT2D eigenvalue weighted by Gasteiger charge is -2.40. The molecule has 0 radical (unpaired) electrons. The first-order chi connectivity index (χ1) is 10.3. The van der Waals surface area contributed by atoms with Crippen molar-refractivity contribution in [2.75, 3.05) is 0 Å². The summed E-state index contributed by atoms with van der Waals surface area (Å²) in [5.74, 6) is 2.89. The second-order valence-electron chi connectivity index (χ2n) is 7.39. The highest BCUT2D eigenvalue weighted by Crippen LogP contribution is 2.65. The topological polar surface area (TPSA) is 33.1 Å². The van der Waals surface area contributed by atoms with Crippen molar-refractivity contribution < 1.29 is 5.11 Å². The molecule has 3 saturated carbocycles. The van der Waals surface area contributed by atoms with Crippen LogP contribution in [-0.4, -0.2) is 10.1 Å². The first-order valence-electron chi connectivity index (χ1n) is 8.33. The minimum absolute atomic E-state index is 0.473.